The summed E-state index contributed by atoms with van der Waals surface area (Å²) in [5.41, 5.74) is 3.57. The van der Waals surface area contributed by atoms with Crippen LogP contribution in [0.4, 0.5) is 16.0 Å². The molecule has 0 spiro atoms. The molecule has 0 atom stereocenters. The van der Waals surface area contributed by atoms with Crippen LogP contribution in [0.15, 0.2) is 48.4 Å². The maximum Gasteiger partial charge on any atom is 0.234 e. The van der Waals surface area contributed by atoms with Gasteiger partial charge in [-0.15, -0.1) is 10.2 Å². The van der Waals surface area contributed by atoms with Crippen LogP contribution in [0.3, 0.4) is 0 Å². The lowest BCUT2D eigenvalue weighted by Crippen LogP contribution is -2.04. The lowest BCUT2D eigenvalue weighted by molar-refractivity contribution is 0.409. The van der Waals surface area contributed by atoms with E-state index in [1.807, 2.05) is 0 Å². The molecule has 4 aromatic rings. The first-order valence-corrected chi connectivity index (χ1v) is 9.09. The molecule has 30 heavy (non-hydrogen) atoms. The Hall–Kier alpha value is -4.01. The van der Waals surface area contributed by atoms with E-state index < -0.39 is 0 Å². The third-order valence-corrected chi connectivity index (χ3v) is 4.65. The average Bonchev–Trinajstić information content (AvgIpc) is 3.12. The molecule has 4 rings (SSSR count). The van der Waals surface area contributed by atoms with E-state index in [2.05, 4.69) is 20.5 Å². The number of allylic oxidation sites excluding steroid dienone is 2. The summed E-state index contributed by atoms with van der Waals surface area (Å²) in [4.78, 5) is 4.45. The van der Waals surface area contributed by atoms with Crippen molar-refractivity contribution in [3.63, 3.8) is 0 Å². The SMILES string of the molecule is COc1cc2c(cc1/C(C(C)=N)=C(\C)O)ncc1nnc(Nc3ccc(F)cc3)n12. The monoisotopic (exact) mass is 406 g/mol. The van der Waals surface area contributed by atoms with E-state index in [0.717, 1.165) is 0 Å². The normalized spacial score (nSPS) is 12.1. The molecule has 9 heteroatoms. The third-order valence-electron chi connectivity index (χ3n) is 4.65. The number of nitrogens with one attached hydrogen (secondary N) is 2. The van der Waals surface area contributed by atoms with Gasteiger partial charge in [-0.25, -0.2) is 4.39 Å². The molecule has 3 N–H and O–H groups in total. The van der Waals surface area contributed by atoms with Crippen LogP contribution in [0.5, 0.6) is 5.75 Å². The molecule has 8 nitrogen and oxygen atoms in total. The number of anilines is 2. The van der Waals surface area contributed by atoms with Crippen molar-refractivity contribution in [3.05, 3.63) is 59.7 Å². The summed E-state index contributed by atoms with van der Waals surface area (Å²) in [6.07, 6.45) is 1.58. The zero-order chi connectivity index (χ0) is 21.4. The number of aliphatic hydroxyl groups is 1. The lowest BCUT2D eigenvalue weighted by atomic mass is 9.99. The second-order valence-electron chi connectivity index (χ2n) is 6.73. The van der Waals surface area contributed by atoms with Crippen LogP contribution in [-0.4, -0.2) is 37.5 Å². The number of aromatic nitrogens is 4. The van der Waals surface area contributed by atoms with Crippen molar-refractivity contribution in [2.75, 3.05) is 12.4 Å². The summed E-state index contributed by atoms with van der Waals surface area (Å²) >= 11 is 0. The minimum atomic E-state index is -0.330. The van der Waals surface area contributed by atoms with E-state index in [9.17, 15) is 9.50 Å². The number of halogens is 1. The topological polar surface area (TPSA) is 108 Å². The van der Waals surface area contributed by atoms with Crippen molar-refractivity contribution in [2.24, 2.45) is 0 Å². The number of methoxy groups -OCH3 is 1. The second kappa shape index (κ2) is 7.43. The lowest BCUT2D eigenvalue weighted by Gasteiger charge is -2.14. The van der Waals surface area contributed by atoms with Gasteiger partial charge in [0.15, 0.2) is 5.65 Å². The van der Waals surface area contributed by atoms with Crippen molar-refractivity contribution in [1.29, 1.82) is 5.41 Å². The van der Waals surface area contributed by atoms with Gasteiger partial charge >= 0.3 is 0 Å². The highest BCUT2D eigenvalue weighted by Crippen LogP contribution is 2.33. The summed E-state index contributed by atoms with van der Waals surface area (Å²) in [6, 6.07) is 9.42. The number of benzene rings is 2. The first-order valence-electron chi connectivity index (χ1n) is 9.09. The molecule has 0 bridgehead atoms. The molecule has 2 aromatic carbocycles. The number of hydrogen-bond acceptors (Lipinski definition) is 7. The van der Waals surface area contributed by atoms with E-state index in [0.29, 0.717) is 45.2 Å². The zero-order valence-corrected chi connectivity index (χ0v) is 16.6. The van der Waals surface area contributed by atoms with Gasteiger partial charge in [-0.2, -0.15) is 0 Å². The van der Waals surface area contributed by atoms with Crippen LogP contribution in [0, 0.1) is 11.2 Å². The molecule has 0 aliphatic heterocycles. The number of nitrogens with zero attached hydrogens (tertiary/aromatic N) is 4. The fourth-order valence-corrected chi connectivity index (χ4v) is 3.36. The first kappa shape index (κ1) is 19.3. The van der Waals surface area contributed by atoms with Gasteiger partial charge in [-0.3, -0.25) is 9.38 Å². The predicted molar refractivity (Wildman–Crippen MR) is 113 cm³/mol. The standard InChI is InChI=1S/C21H19FN6O2/c1-11(23)20(12(2)29)15-8-16-17(9-18(15)30-3)28-19(10-24-16)26-27-21(28)25-14-6-4-13(22)5-7-14/h4-10,23,29H,1-3H3,(H,25,27)/b20-12+,23-11?. The Kier molecular flexibility index (Phi) is 4.78. The maximum atomic E-state index is 13.2. The largest absolute Gasteiger partial charge is 0.512 e. The fourth-order valence-electron chi connectivity index (χ4n) is 3.36. The molecule has 0 fully saturated rings. The van der Waals surface area contributed by atoms with Crippen LogP contribution in [0.1, 0.15) is 19.4 Å². The first-order chi connectivity index (χ1) is 14.4. The van der Waals surface area contributed by atoms with E-state index in [-0.39, 0.29) is 17.3 Å². The van der Waals surface area contributed by atoms with Gasteiger partial charge in [0.25, 0.3) is 0 Å². The fraction of sp³-hybridized carbons (Fsp3) is 0.143. The van der Waals surface area contributed by atoms with Gasteiger partial charge < -0.3 is 20.6 Å². The van der Waals surface area contributed by atoms with Crippen LogP contribution in [0.2, 0.25) is 0 Å². The van der Waals surface area contributed by atoms with E-state index in [4.69, 9.17) is 10.1 Å². The summed E-state index contributed by atoms with van der Waals surface area (Å²) in [5.74, 6) is 0.580. The van der Waals surface area contributed by atoms with Crippen LogP contribution < -0.4 is 10.1 Å². The Morgan fingerprint density at radius 1 is 1.17 bits per heavy atom. The molecule has 0 amide bonds. The van der Waals surface area contributed by atoms with Crippen LogP contribution >= 0.6 is 0 Å². The zero-order valence-electron chi connectivity index (χ0n) is 16.6. The summed E-state index contributed by atoms with van der Waals surface area (Å²) < 4.78 is 20.5. The highest BCUT2D eigenvalue weighted by Gasteiger charge is 2.18. The van der Waals surface area contributed by atoms with Gasteiger partial charge in [-0.05, 0) is 44.2 Å². The Morgan fingerprint density at radius 2 is 1.90 bits per heavy atom. The summed E-state index contributed by atoms with van der Waals surface area (Å²) in [6.45, 7) is 3.12. The Labute approximate surface area is 171 Å². The van der Waals surface area contributed by atoms with Gasteiger partial charge in [-0.1, -0.05) is 0 Å². The predicted octanol–water partition coefficient (Wildman–Crippen LogP) is 4.50. The molecule has 152 valence electrons. The van der Waals surface area contributed by atoms with E-state index >= 15 is 0 Å². The number of aliphatic hydroxyl groups excluding tert-OH is 1. The Bertz CT molecular complexity index is 1310. The average molecular weight is 406 g/mol. The quantitative estimate of drug-likeness (QED) is 0.333. The van der Waals surface area contributed by atoms with Crippen LogP contribution in [-0.2, 0) is 0 Å². The van der Waals surface area contributed by atoms with Gasteiger partial charge in [0.05, 0.1) is 30.1 Å². The second-order valence-corrected chi connectivity index (χ2v) is 6.73. The minimum Gasteiger partial charge on any atom is -0.512 e. The van der Waals surface area contributed by atoms with Crippen molar-refractivity contribution in [3.8, 4) is 5.75 Å². The Morgan fingerprint density at radius 3 is 2.53 bits per heavy atom. The van der Waals surface area contributed by atoms with E-state index in [1.165, 1.54) is 26.2 Å². The minimum absolute atomic E-state index is 0.0178. The molecule has 0 unspecified atom stereocenters. The number of fused-ring (bicyclic) bond motifs is 3. The smallest absolute Gasteiger partial charge is 0.234 e. The molecule has 2 aromatic heterocycles. The highest BCUT2D eigenvalue weighted by molar-refractivity contribution is 6.22. The van der Waals surface area contributed by atoms with Crippen molar-refractivity contribution >= 4 is 39.6 Å². The van der Waals surface area contributed by atoms with Gasteiger partial charge in [0.1, 0.15) is 11.6 Å². The van der Waals surface area contributed by atoms with Gasteiger partial charge in [0.2, 0.25) is 5.95 Å². The molecular formula is C21H19FN6O2. The number of rotatable bonds is 5. The van der Waals surface area contributed by atoms with E-state index in [1.54, 1.807) is 41.8 Å². The maximum absolute atomic E-state index is 13.2. The number of ether oxygens (including phenoxy) is 1. The molecule has 0 aliphatic rings. The molecule has 0 saturated heterocycles. The summed E-state index contributed by atoms with van der Waals surface area (Å²) in [5, 5.41) is 29.6. The van der Waals surface area contributed by atoms with Gasteiger partial charge in [0, 0.05) is 28.6 Å². The van der Waals surface area contributed by atoms with Crippen molar-refractivity contribution in [1.82, 2.24) is 19.6 Å². The molecule has 0 saturated carbocycles. The molecule has 0 radical (unpaired) electrons. The molecular weight excluding hydrogens is 387 g/mol. The van der Waals surface area contributed by atoms with Crippen LogP contribution in [0.25, 0.3) is 22.3 Å². The Balaban J connectivity index is 1.93. The highest BCUT2D eigenvalue weighted by atomic mass is 19.1. The number of hydrogen-bond donors (Lipinski definition) is 3. The third kappa shape index (κ3) is 3.30. The molecule has 0 aliphatic carbocycles. The van der Waals surface area contributed by atoms with Crippen molar-refractivity contribution < 1.29 is 14.2 Å². The summed E-state index contributed by atoms with van der Waals surface area (Å²) in [7, 11) is 1.52. The molecule has 2 heterocycles. The van der Waals surface area contributed by atoms with Crippen molar-refractivity contribution in [2.45, 2.75) is 13.8 Å².